The Morgan fingerprint density at radius 3 is 2.03 bits per heavy atom. The van der Waals surface area contributed by atoms with E-state index in [2.05, 4.69) is 4.90 Å². The average Bonchev–Trinajstić information content (AvgIpc) is 2.79. The van der Waals surface area contributed by atoms with Gasteiger partial charge in [0.25, 0.3) is 5.91 Å². The lowest BCUT2D eigenvalue weighted by Crippen LogP contribution is -2.48. The van der Waals surface area contributed by atoms with Gasteiger partial charge in [0.2, 0.25) is 0 Å². The Morgan fingerprint density at radius 1 is 0.906 bits per heavy atom. The molecule has 1 heterocycles. The van der Waals surface area contributed by atoms with Crippen LogP contribution in [0.1, 0.15) is 15.9 Å². The number of methoxy groups -OCH3 is 2. The maximum Gasteiger partial charge on any atom is 0.414 e. The predicted molar refractivity (Wildman–Crippen MR) is 112 cm³/mol. The predicted octanol–water partition coefficient (Wildman–Crippen LogP) is 1.96. The summed E-state index contributed by atoms with van der Waals surface area (Å²) in [6, 6.07) is 12.0. The molecule has 9 nitrogen and oxygen atoms in total. The van der Waals surface area contributed by atoms with Crippen LogP contribution in [0.5, 0.6) is 11.5 Å². The molecule has 1 aliphatic heterocycles. The average molecular weight is 448 g/mol. The zero-order valence-corrected chi connectivity index (χ0v) is 17.8. The molecule has 0 unspecified atom stereocenters. The van der Waals surface area contributed by atoms with Gasteiger partial charge in [-0.2, -0.15) is 0 Å². The molecule has 2 aromatic rings. The topological polar surface area (TPSA) is 117 Å². The quantitative estimate of drug-likeness (QED) is 0.667. The number of benzene rings is 2. The summed E-state index contributed by atoms with van der Waals surface area (Å²) in [5.74, 6) is -2.95. The van der Waals surface area contributed by atoms with E-state index in [0.29, 0.717) is 24.6 Å². The van der Waals surface area contributed by atoms with Crippen molar-refractivity contribution < 1.29 is 38.5 Å². The van der Waals surface area contributed by atoms with Crippen LogP contribution in [0, 0.1) is 5.82 Å². The van der Waals surface area contributed by atoms with Gasteiger partial charge in [0.1, 0.15) is 5.82 Å². The molecule has 3 rings (SSSR count). The molecule has 0 radical (unpaired) electrons. The Kier molecular flexibility index (Phi) is 8.96. The molecule has 32 heavy (non-hydrogen) atoms. The van der Waals surface area contributed by atoms with E-state index >= 15 is 0 Å². The van der Waals surface area contributed by atoms with Crippen molar-refractivity contribution in [3.8, 4) is 11.5 Å². The number of carboxylic acid groups (broad SMARTS) is 2. The summed E-state index contributed by atoms with van der Waals surface area (Å²) in [4.78, 5) is 34.7. The number of nitrogens with zero attached hydrogens (tertiary/aromatic N) is 2. The number of carbonyl (C=O) groups is 3. The van der Waals surface area contributed by atoms with Gasteiger partial charge in [0.15, 0.2) is 11.5 Å². The molecule has 1 aliphatic rings. The highest BCUT2D eigenvalue weighted by atomic mass is 19.1. The van der Waals surface area contributed by atoms with Crippen molar-refractivity contribution >= 4 is 17.8 Å². The van der Waals surface area contributed by atoms with E-state index < -0.39 is 17.8 Å². The number of aliphatic carboxylic acids is 2. The smallest absolute Gasteiger partial charge is 0.414 e. The molecule has 0 aromatic heterocycles. The van der Waals surface area contributed by atoms with Gasteiger partial charge in [0, 0.05) is 32.7 Å². The van der Waals surface area contributed by atoms with Crippen molar-refractivity contribution in [2.45, 2.75) is 6.54 Å². The summed E-state index contributed by atoms with van der Waals surface area (Å²) >= 11 is 0. The lowest BCUT2D eigenvalue weighted by atomic mass is 10.1. The van der Waals surface area contributed by atoms with E-state index in [0.717, 1.165) is 25.2 Å². The summed E-state index contributed by atoms with van der Waals surface area (Å²) in [6.45, 7) is 3.42. The first-order chi connectivity index (χ1) is 15.3. The summed E-state index contributed by atoms with van der Waals surface area (Å²) < 4.78 is 24.4. The molecule has 1 amide bonds. The fourth-order valence-electron chi connectivity index (χ4n) is 3.15. The van der Waals surface area contributed by atoms with Crippen LogP contribution >= 0.6 is 0 Å². The van der Waals surface area contributed by atoms with Crippen LogP contribution in [0.3, 0.4) is 0 Å². The number of halogens is 1. The van der Waals surface area contributed by atoms with Crippen LogP contribution in [0.25, 0.3) is 0 Å². The number of carbonyl (C=O) groups excluding carboxylic acids is 1. The van der Waals surface area contributed by atoms with Crippen LogP contribution in [0.4, 0.5) is 4.39 Å². The fourth-order valence-corrected chi connectivity index (χ4v) is 3.15. The van der Waals surface area contributed by atoms with E-state index in [4.69, 9.17) is 29.3 Å². The molecule has 0 atom stereocenters. The van der Waals surface area contributed by atoms with E-state index in [1.165, 1.54) is 12.1 Å². The fraction of sp³-hybridized carbons (Fsp3) is 0.318. The maximum atomic E-state index is 13.8. The minimum absolute atomic E-state index is 0.140. The molecule has 0 bridgehead atoms. The second kappa shape index (κ2) is 11.7. The van der Waals surface area contributed by atoms with Crippen molar-refractivity contribution in [2.24, 2.45) is 0 Å². The third-order valence-electron chi connectivity index (χ3n) is 4.80. The molecular formula is C22H25FN2O7. The Bertz CT molecular complexity index is 947. The Morgan fingerprint density at radius 2 is 1.50 bits per heavy atom. The highest BCUT2D eigenvalue weighted by Crippen LogP contribution is 2.28. The summed E-state index contributed by atoms with van der Waals surface area (Å²) in [5.41, 5.74) is 1.26. The monoisotopic (exact) mass is 448 g/mol. The Labute approximate surface area is 184 Å². The summed E-state index contributed by atoms with van der Waals surface area (Å²) in [6.07, 6.45) is 0. The minimum Gasteiger partial charge on any atom is -0.493 e. The van der Waals surface area contributed by atoms with Gasteiger partial charge in [-0.15, -0.1) is 0 Å². The molecule has 10 heteroatoms. The van der Waals surface area contributed by atoms with Crippen LogP contribution in [-0.2, 0) is 16.1 Å². The van der Waals surface area contributed by atoms with Crippen LogP contribution in [-0.4, -0.2) is 78.3 Å². The third-order valence-corrected chi connectivity index (χ3v) is 4.80. The van der Waals surface area contributed by atoms with Crippen molar-refractivity contribution in [3.05, 3.63) is 59.4 Å². The lowest BCUT2D eigenvalue weighted by Gasteiger charge is -2.35. The first-order valence-electron chi connectivity index (χ1n) is 9.70. The highest BCUT2D eigenvalue weighted by Gasteiger charge is 2.24. The van der Waals surface area contributed by atoms with Crippen molar-refractivity contribution in [1.29, 1.82) is 0 Å². The number of hydrogen-bond donors (Lipinski definition) is 2. The molecule has 1 fully saturated rings. The zero-order chi connectivity index (χ0) is 23.7. The molecule has 0 aliphatic carbocycles. The van der Waals surface area contributed by atoms with Gasteiger partial charge in [-0.05, 0) is 29.8 Å². The van der Waals surface area contributed by atoms with Crippen LogP contribution in [0.2, 0.25) is 0 Å². The lowest BCUT2D eigenvalue weighted by molar-refractivity contribution is -0.159. The minimum atomic E-state index is -1.82. The van der Waals surface area contributed by atoms with E-state index in [-0.39, 0.29) is 11.5 Å². The molecule has 1 saturated heterocycles. The van der Waals surface area contributed by atoms with Gasteiger partial charge >= 0.3 is 11.9 Å². The summed E-state index contributed by atoms with van der Waals surface area (Å²) in [5, 5.41) is 14.8. The van der Waals surface area contributed by atoms with Gasteiger partial charge in [-0.25, -0.2) is 14.0 Å². The van der Waals surface area contributed by atoms with E-state index in [1.807, 2.05) is 18.2 Å². The highest BCUT2D eigenvalue weighted by molar-refractivity contribution is 6.27. The van der Waals surface area contributed by atoms with Gasteiger partial charge in [0.05, 0.1) is 19.8 Å². The maximum absolute atomic E-state index is 13.8. The Hall–Kier alpha value is -3.66. The van der Waals surface area contributed by atoms with Gasteiger partial charge in [-0.1, -0.05) is 18.2 Å². The van der Waals surface area contributed by atoms with Crippen molar-refractivity contribution in [3.63, 3.8) is 0 Å². The second-order valence-corrected chi connectivity index (χ2v) is 6.85. The third kappa shape index (κ3) is 6.67. The largest absolute Gasteiger partial charge is 0.493 e. The van der Waals surface area contributed by atoms with Crippen LogP contribution in [0.15, 0.2) is 42.5 Å². The Balaban J connectivity index is 0.000000534. The number of rotatable bonds is 5. The van der Waals surface area contributed by atoms with E-state index in [9.17, 15) is 9.18 Å². The number of amides is 1. The standard InChI is InChI=1S/C20H23FN2O3.C2H2O4/c1-25-18-8-7-15(13-19(18)26-2)14-22-9-11-23(12-10-22)20(24)16-5-3-4-6-17(16)21;3-1(4)2(5)6/h3-8,13H,9-12,14H2,1-2H3;(H,3,4)(H,5,6). The number of hydrogen-bond acceptors (Lipinski definition) is 6. The number of piperazine rings is 1. The first kappa shape index (κ1) is 24.6. The molecule has 0 spiro atoms. The SMILES string of the molecule is COc1ccc(CN2CCN(C(=O)c3ccccc3F)CC2)cc1OC.O=C(O)C(=O)O. The normalized spacial score (nSPS) is 13.5. The number of ether oxygens (including phenoxy) is 2. The van der Waals surface area contributed by atoms with E-state index in [1.54, 1.807) is 31.3 Å². The molecule has 2 N–H and O–H groups in total. The van der Waals surface area contributed by atoms with Gasteiger partial charge in [-0.3, -0.25) is 9.69 Å². The number of carboxylic acids is 2. The summed E-state index contributed by atoms with van der Waals surface area (Å²) in [7, 11) is 3.23. The van der Waals surface area contributed by atoms with Crippen molar-refractivity contribution in [2.75, 3.05) is 40.4 Å². The molecule has 0 saturated carbocycles. The van der Waals surface area contributed by atoms with Crippen molar-refractivity contribution in [1.82, 2.24) is 9.80 Å². The zero-order valence-electron chi connectivity index (χ0n) is 17.8. The second-order valence-electron chi connectivity index (χ2n) is 6.85. The molecule has 172 valence electrons. The van der Waals surface area contributed by atoms with Gasteiger partial charge < -0.3 is 24.6 Å². The molecular weight excluding hydrogens is 423 g/mol. The van der Waals surface area contributed by atoms with Crippen LogP contribution < -0.4 is 9.47 Å². The molecule has 2 aromatic carbocycles. The first-order valence-corrected chi connectivity index (χ1v) is 9.70.